The molecule has 1 N–H and O–H groups in total. The van der Waals surface area contributed by atoms with Crippen LogP contribution in [0.25, 0.3) is 0 Å². The van der Waals surface area contributed by atoms with E-state index in [-0.39, 0.29) is 24.2 Å². The number of non-ortho nitro benzene ring substituents is 1. The zero-order chi connectivity index (χ0) is 14.6. The number of benzene rings is 1. The van der Waals surface area contributed by atoms with Gasteiger partial charge in [-0.25, -0.2) is 0 Å². The molecule has 1 rings (SSSR count). The molecule has 0 saturated carbocycles. The molecule has 0 unspecified atom stereocenters. The van der Waals surface area contributed by atoms with E-state index in [1.807, 2.05) is 13.8 Å². The predicted molar refractivity (Wildman–Crippen MR) is 70.6 cm³/mol. The molecule has 1 atom stereocenters. The quantitative estimate of drug-likeness (QED) is 0.651. The minimum absolute atomic E-state index is 0.00908. The molecule has 0 radical (unpaired) electrons. The summed E-state index contributed by atoms with van der Waals surface area (Å²) in [7, 11) is 0. The second-order valence-electron chi connectivity index (χ2n) is 4.63. The molecule has 104 valence electrons. The Kier molecular flexibility index (Phi) is 5.00. The molecule has 6 nitrogen and oxygen atoms in total. The fourth-order valence-corrected chi connectivity index (χ4v) is 1.81. The number of amides is 1. The molecule has 0 aromatic heterocycles. The molecular formula is C13H18N2O4. The lowest BCUT2D eigenvalue weighted by Crippen LogP contribution is -2.38. The maximum atomic E-state index is 11.4. The number of aliphatic hydroxyl groups is 1. The Hall–Kier alpha value is -1.95. The Balaban J connectivity index is 2.79. The third kappa shape index (κ3) is 4.03. The lowest BCUT2D eigenvalue weighted by Gasteiger charge is -2.27. The summed E-state index contributed by atoms with van der Waals surface area (Å²) in [5.74, 6) is -0.115. The van der Waals surface area contributed by atoms with Crippen LogP contribution in [0.5, 0.6) is 0 Å². The monoisotopic (exact) mass is 266 g/mol. The van der Waals surface area contributed by atoms with E-state index in [0.717, 1.165) is 0 Å². The lowest BCUT2D eigenvalue weighted by atomic mass is 10.1. The molecule has 0 heterocycles. The highest BCUT2D eigenvalue weighted by atomic mass is 16.6. The zero-order valence-electron chi connectivity index (χ0n) is 11.2. The number of carbonyl (C=O) groups is 1. The van der Waals surface area contributed by atoms with Gasteiger partial charge >= 0.3 is 0 Å². The second kappa shape index (κ2) is 6.29. The van der Waals surface area contributed by atoms with Gasteiger partial charge in [-0.3, -0.25) is 14.9 Å². The number of aliphatic hydroxyl groups excluding tert-OH is 1. The molecule has 1 amide bonds. The highest BCUT2D eigenvalue weighted by Crippen LogP contribution is 2.19. The van der Waals surface area contributed by atoms with Crippen LogP contribution in [-0.2, 0) is 4.79 Å². The lowest BCUT2D eigenvalue weighted by molar-refractivity contribution is -0.384. The van der Waals surface area contributed by atoms with Gasteiger partial charge in [0.15, 0.2) is 0 Å². The van der Waals surface area contributed by atoms with Gasteiger partial charge in [-0.1, -0.05) is 0 Å². The van der Waals surface area contributed by atoms with Crippen molar-refractivity contribution in [2.45, 2.75) is 32.9 Å². The molecule has 0 aliphatic heterocycles. The minimum Gasteiger partial charge on any atom is -0.387 e. The van der Waals surface area contributed by atoms with E-state index in [0.29, 0.717) is 5.56 Å². The van der Waals surface area contributed by atoms with Gasteiger partial charge in [-0.2, -0.15) is 0 Å². The first kappa shape index (κ1) is 15.1. The van der Waals surface area contributed by atoms with Crippen LogP contribution in [0.3, 0.4) is 0 Å². The van der Waals surface area contributed by atoms with Gasteiger partial charge in [0, 0.05) is 25.1 Å². The number of carbonyl (C=O) groups excluding carboxylic acids is 1. The van der Waals surface area contributed by atoms with Crippen molar-refractivity contribution in [2.75, 3.05) is 6.54 Å². The summed E-state index contributed by atoms with van der Waals surface area (Å²) in [4.78, 5) is 23.0. The normalized spacial score (nSPS) is 12.3. The van der Waals surface area contributed by atoms with E-state index in [4.69, 9.17) is 0 Å². The van der Waals surface area contributed by atoms with Crippen molar-refractivity contribution in [3.63, 3.8) is 0 Å². The van der Waals surface area contributed by atoms with E-state index in [9.17, 15) is 20.0 Å². The molecule has 0 spiro atoms. The summed E-state index contributed by atoms with van der Waals surface area (Å²) in [6.45, 7) is 5.35. The third-order valence-electron chi connectivity index (χ3n) is 2.89. The summed E-state index contributed by atoms with van der Waals surface area (Å²) in [6.07, 6.45) is -0.855. The first-order valence-electron chi connectivity index (χ1n) is 6.02. The fraction of sp³-hybridized carbons (Fsp3) is 0.462. The van der Waals surface area contributed by atoms with Gasteiger partial charge in [0.2, 0.25) is 5.91 Å². The molecule has 0 fully saturated rings. The van der Waals surface area contributed by atoms with Gasteiger partial charge in [-0.15, -0.1) is 0 Å². The smallest absolute Gasteiger partial charge is 0.269 e. The van der Waals surface area contributed by atoms with Gasteiger partial charge in [0.1, 0.15) is 0 Å². The molecular weight excluding hydrogens is 248 g/mol. The van der Waals surface area contributed by atoms with E-state index in [1.54, 1.807) is 4.90 Å². The van der Waals surface area contributed by atoms with Crippen LogP contribution in [-0.4, -0.2) is 33.4 Å². The molecule has 0 aliphatic carbocycles. The molecule has 1 aromatic rings. The summed E-state index contributed by atoms with van der Waals surface area (Å²) >= 11 is 0. The van der Waals surface area contributed by atoms with Gasteiger partial charge in [0.05, 0.1) is 17.6 Å². The SMILES string of the molecule is CC(=O)N(C[C@@H](O)c1ccc([N+](=O)[O-])cc1)C(C)C. The van der Waals surface area contributed by atoms with Crippen molar-refractivity contribution in [1.82, 2.24) is 4.90 Å². The first-order chi connectivity index (χ1) is 8.82. The van der Waals surface area contributed by atoms with E-state index < -0.39 is 11.0 Å². The van der Waals surface area contributed by atoms with E-state index in [2.05, 4.69) is 0 Å². The van der Waals surface area contributed by atoms with Crippen molar-refractivity contribution in [2.24, 2.45) is 0 Å². The summed E-state index contributed by atoms with van der Waals surface area (Å²) < 4.78 is 0. The maximum absolute atomic E-state index is 11.4. The highest BCUT2D eigenvalue weighted by Gasteiger charge is 2.18. The number of nitro benzene ring substituents is 1. The van der Waals surface area contributed by atoms with Gasteiger partial charge in [0.25, 0.3) is 5.69 Å². The average Bonchev–Trinajstić information content (AvgIpc) is 2.34. The van der Waals surface area contributed by atoms with Crippen LogP contribution in [0.15, 0.2) is 24.3 Å². The molecule has 0 saturated heterocycles. The standard InChI is InChI=1S/C13H18N2O4/c1-9(2)14(10(3)16)8-13(17)11-4-6-12(7-5-11)15(18)19/h4-7,9,13,17H,8H2,1-3H3/t13-/m1/s1. The largest absolute Gasteiger partial charge is 0.387 e. The molecule has 0 bridgehead atoms. The zero-order valence-corrected chi connectivity index (χ0v) is 11.2. The molecule has 0 aliphatic rings. The number of hydrogen-bond donors (Lipinski definition) is 1. The Bertz CT molecular complexity index is 456. The third-order valence-corrected chi connectivity index (χ3v) is 2.89. The number of rotatable bonds is 5. The van der Waals surface area contributed by atoms with E-state index >= 15 is 0 Å². The van der Waals surface area contributed by atoms with Crippen LogP contribution in [0.1, 0.15) is 32.4 Å². The first-order valence-corrected chi connectivity index (χ1v) is 6.02. The van der Waals surface area contributed by atoms with Crippen LogP contribution in [0, 0.1) is 10.1 Å². The topological polar surface area (TPSA) is 83.7 Å². The molecule has 1 aromatic carbocycles. The predicted octanol–water partition coefficient (Wildman–Crippen LogP) is 1.89. The Labute approximate surface area is 111 Å². The highest BCUT2D eigenvalue weighted by molar-refractivity contribution is 5.73. The van der Waals surface area contributed by atoms with Gasteiger partial charge < -0.3 is 10.0 Å². The summed E-state index contributed by atoms with van der Waals surface area (Å²) in [5.41, 5.74) is 0.528. The summed E-state index contributed by atoms with van der Waals surface area (Å²) in [6, 6.07) is 5.67. The fourth-order valence-electron chi connectivity index (χ4n) is 1.81. The molecule has 6 heteroatoms. The van der Waals surface area contributed by atoms with Crippen LogP contribution < -0.4 is 0 Å². The van der Waals surface area contributed by atoms with Gasteiger partial charge in [-0.05, 0) is 31.5 Å². The number of nitrogens with zero attached hydrogens (tertiary/aromatic N) is 2. The minimum atomic E-state index is -0.855. The van der Waals surface area contributed by atoms with E-state index in [1.165, 1.54) is 31.2 Å². The maximum Gasteiger partial charge on any atom is 0.269 e. The average molecular weight is 266 g/mol. The van der Waals surface area contributed by atoms with Crippen LogP contribution in [0.2, 0.25) is 0 Å². The Morgan fingerprint density at radius 1 is 1.37 bits per heavy atom. The van der Waals surface area contributed by atoms with Crippen molar-refractivity contribution in [1.29, 1.82) is 0 Å². The van der Waals surface area contributed by atoms with Crippen LogP contribution in [0.4, 0.5) is 5.69 Å². The second-order valence-corrected chi connectivity index (χ2v) is 4.63. The molecule has 19 heavy (non-hydrogen) atoms. The Morgan fingerprint density at radius 3 is 2.26 bits per heavy atom. The van der Waals surface area contributed by atoms with Crippen molar-refractivity contribution < 1.29 is 14.8 Å². The van der Waals surface area contributed by atoms with Crippen molar-refractivity contribution in [3.05, 3.63) is 39.9 Å². The van der Waals surface area contributed by atoms with Crippen LogP contribution >= 0.6 is 0 Å². The van der Waals surface area contributed by atoms with Crippen molar-refractivity contribution in [3.8, 4) is 0 Å². The Morgan fingerprint density at radius 2 is 1.89 bits per heavy atom. The number of hydrogen-bond acceptors (Lipinski definition) is 4. The number of nitro groups is 1. The summed E-state index contributed by atoms with van der Waals surface area (Å²) in [5, 5.41) is 20.6. The van der Waals surface area contributed by atoms with Crippen molar-refractivity contribution >= 4 is 11.6 Å².